The van der Waals surface area contributed by atoms with Crippen LogP contribution in [0.2, 0.25) is 0 Å². The number of hydrogen-bond acceptors (Lipinski definition) is 3. The number of hydrogen-bond donors (Lipinski definition) is 0. The molecule has 0 atom stereocenters. The minimum Gasteiger partial charge on any atom is -0.385 e. The second-order valence-corrected chi connectivity index (χ2v) is 10.4. The highest BCUT2D eigenvalue weighted by molar-refractivity contribution is 5.86. The zero-order chi connectivity index (χ0) is 30.7. The van der Waals surface area contributed by atoms with Gasteiger partial charge in [-0.15, -0.1) is 0 Å². The Labute approximate surface area is 250 Å². The van der Waals surface area contributed by atoms with Crippen molar-refractivity contribution in [2.24, 2.45) is 0 Å². The fraction of sp³-hybridized carbons (Fsp3) is 0.294. The maximum Gasteiger partial charge on any atom is 0.416 e. The Bertz CT molecular complexity index is 1460. The molecular formula is C34H36F3N3O3. The molecule has 0 saturated carbocycles. The molecule has 0 radical (unpaired) electrons. The van der Waals surface area contributed by atoms with Gasteiger partial charge in [-0.1, -0.05) is 72.8 Å². The van der Waals surface area contributed by atoms with Crippen molar-refractivity contribution < 1.29 is 27.5 Å². The van der Waals surface area contributed by atoms with Crippen molar-refractivity contribution in [3.05, 3.63) is 131 Å². The van der Waals surface area contributed by atoms with Crippen LogP contribution in [0.15, 0.2) is 103 Å². The lowest BCUT2D eigenvalue weighted by atomic mass is 10.1. The number of amides is 2. The molecule has 1 heterocycles. The van der Waals surface area contributed by atoms with Gasteiger partial charge in [-0.2, -0.15) is 13.2 Å². The first-order valence-corrected chi connectivity index (χ1v) is 14.2. The topological polar surface area (TPSA) is 54.8 Å². The fourth-order valence-electron chi connectivity index (χ4n) is 4.86. The van der Waals surface area contributed by atoms with Crippen molar-refractivity contribution in [2.75, 3.05) is 26.8 Å². The summed E-state index contributed by atoms with van der Waals surface area (Å²) in [4.78, 5) is 30.5. The molecule has 4 rings (SSSR count). The molecule has 0 aliphatic heterocycles. The maximum absolute atomic E-state index is 13.8. The first-order chi connectivity index (χ1) is 20.7. The lowest BCUT2D eigenvalue weighted by molar-refractivity contribution is -0.141. The third kappa shape index (κ3) is 9.58. The number of aromatic nitrogens is 1. The molecule has 0 N–H and O–H groups in total. The molecule has 226 valence electrons. The van der Waals surface area contributed by atoms with E-state index in [0.29, 0.717) is 25.1 Å². The normalized spacial score (nSPS) is 11.3. The Morgan fingerprint density at radius 2 is 1.44 bits per heavy atom. The van der Waals surface area contributed by atoms with Gasteiger partial charge in [0.2, 0.25) is 11.8 Å². The van der Waals surface area contributed by atoms with Crippen molar-refractivity contribution in [2.45, 2.75) is 38.7 Å². The SMILES string of the molecule is COCCCN(Cc1cccn1Cc1cccc(C(F)(F)F)c1)C(=O)CN(Cc1ccccc1)C(=O)Cc1ccccc1. The summed E-state index contributed by atoms with van der Waals surface area (Å²) in [7, 11) is 1.59. The number of halogens is 3. The molecule has 6 nitrogen and oxygen atoms in total. The Morgan fingerprint density at radius 1 is 0.767 bits per heavy atom. The molecule has 2 amide bonds. The number of nitrogens with zero attached hydrogens (tertiary/aromatic N) is 3. The number of benzene rings is 3. The van der Waals surface area contributed by atoms with Gasteiger partial charge in [-0.25, -0.2) is 0 Å². The Morgan fingerprint density at radius 3 is 2.12 bits per heavy atom. The van der Waals surface area contributed by atoms with Gasteiger partial charge in [-0.3, -0.25) is 9.59 Å². The second kappa shape index (κ2) is 15.2. The molecule has 1 aromatic heterocycles. The minimum atomic E-state index is -4.43. The van der Waals surface area contributed by atoms with Crippen molar-refractivity contribution in [3.8, 4) is 0 Å². The standard InChI is InChI=1S/C34H36F3N3O3/c1-43-20-10-19-39(25-31-17-9-18-38(31)24-29-15-8-16-30(21-29)34(35,36)37)33(42)26-40(23-28-13-6-3-7-14-28)32(41)22-27-11-4-2-5-12-27/h2-9,11-18,21H,10,19-20,22-26H2,1H3. The molecule has 4 aromatic rings. The van der Waals surface area contributed by atoms with E-state index in [4.69, 9.17) is 4.74 Å². The van der Waals surface area contributed by atoms with Crippen LogP contribution in [-0.2, 0) is 46.6 Å². The Balaban J connectivity index is 1.52. The van der Waals surface area contributed by atoms with E-state index in [1.165, 1.54) is 6.07 Å². The summed E-state index contributed by atoms with van der Waals surface area (Å²) in [6.45, 7) is 1.49. The zero-order valence-corrected chi connectivity index (χ0v) is 24.2. The van der Waals surface area contributed by atoms with Crippen LogP contribution in [0.3, 0.4) is 0 Å². The number of alkyl halides is 3. The van der Waals surface area contributed by atoms with Crippen LogP contribution >= 0.6 is 0 Å². The summed E-state index contributed by atoms with van der Waals surface area (Å²) in [5, 5.41) is 0. The molecule has 0 spiro atoms. The quantitative estimate of drug-likeness (QED) is 0.164. The second-order valence-electron chi connectivity index (χ2n) is 10.4. The predicted octanol–water partition coefficient (Wildman–Crippen LogP) is 6.19. The van der Waals surface area contributed by atoms with E-state index < -0.39 is 11.7 Å². The zero-order valence-electron chi connectivity index (χ0n) is 24.2. The highest BCUT2D eigenvalue weighted by Crippen LogP contribution is 2.29. The van der Waals surface area contributed by atoms with E-state index in [1.807, 2.05) is 77.4 Å². The van der Waals surface area contributed by atoms with Crippen molar-refractivity contribution in [1.29, 1.82) is 0 Å². The third-order valence-corrected chi connectivity index (χ3v) is 7.11. The molecule has 3 aromatic carbocycles. The number of carbonyl (C=O) groups excluding carboxylic acids is 2. The molecule has 0 fully saturated rings. The molecule has 0 bridgehead atoms. The van der Waals surface area contributed by atoms with E-state index in [2.05, 4.69) is 0 Å². The fourth-order valence-corrected chi connectivity index (χ4v) is 4.86. The molecule has 43 heavy (non-hydrogen) atoms. The highest BCUT2D eigenvalue weighted by Gasteiger charge is 2.30. The maximum atomic E-state index is 13.8. The van der Waals surface area contributed by atoms with Gasteiger partial charge in [0.05, 0.1) is 18.5 Å². The lowest BCUT2D eigenvalue weighted by Gasteiger charge is -2.28. The highest BCUT2D eigenvalue weighted by atomic mass is 19.4. The van der Waals surface area contributed by atoms with Crippen LogP contribution in [-0.4, -0.2) is 53.0 Å². The van der Waals surface area contributed by atoms with E-state index >= 15 is 0 Å². The average Bonchev–Trinajstić information content (AvgIpc) is 3.43. The van der Waals surface area contributed by atoms with E-state index in [0.717, 1.165) is 29.0 Å². The Hall–Kier alpha value is -4.37. The first kappa shape index (κ1) is 31.6. The summed E-state index contributed by atoms with van der Waals surface area (Å²) >= 11 is 0. The largest absolute Gasteiger partial charge is 0.416 e. The van der Waals surface area contributed by atoms with Gasteiger partial charge in [0.25, 0.3) is 0 Å². The van der Waals surface area contributed by atoms with Crippen molar-refractivity contribution in [1.82, 2.24) is 14.4 Å². The number of ether oxygens (including phenoxy) is 1. The molecule has 9 heteroatoms. The van der Waals surface area contributed by atoms with Gasteiger partial charge in [-0.05, 0) is 47.4 Å². The minimum absolute atomic E-state index is 0.109. The molecule has 0 aliphatic rings. The molecule has 0 unspecified atom stereocenters. The van der Waals surface area contributed by atoms with E-state index in [9.17, 15) is 22.8 Å². The van der Waals surface area contributed by atoms with Crippen LogP contribution in [0, 0.1) is 0 Å². The van der Waals surface area contributed by atoms with Crippen LogP contribution < -0.4 is 0 Å². The Kier molecular flexibility index (Phi) is 11.2. The van der Waals surface area contributed by atoms with Gasteiger partial charge >= 0.3 is 6.18 Å². The number of methoxy groups -OCH3 is 1. The van der Waals surface area contributed by atoms with E-state index in [1.54, 1.807) is 29.2 Å². The molecular weight excluding hydrogens is 555 g/mol. The van der Waals surface area contributed by atoms with Crippen LogP contribution in [0.4, 0.5) is 13.2 Å². The van der Waals surface area contributed by atoms with Gasteiger partial charge in [0, 0.05) is 45.2 Å². The van der Waals surface area contributed by atoms with Crippen LogP contribution in [0.1, 0.15) is 34.4 Å². The number of rotatable bonds is 14. The number of carbonyl (C=O) groups is 2. The molecule has 0 saturated heterocycles. The third-order valence-electron chi connectivity index (χ3n) is 7.11. The van der Waals surface area contributed by atoms with Crippen molar-refractivity contribution >= 4 is 11.8 Å². The smallest absolute Gasteiger partial charge is 0.385 e. The van der Waals surface area contributed by atoms with E-state index in [-0.39, 0.29) is 44.4 Å². The summed E-state index contributed by atoms with van der Waals surface area (Å²) < 4.78 is 46.9. The van der Waals surface area contributed by atoms with Gasteiger partial charge in [0.15, 0.2) is 0 Å². The summed E-state index contributed by atoms with van der Waals surface area (Å²) in [6.07, 6.45) is -1.88. The predicted molar refractivity (Wildman–Crippen MR) is 159 cm³/mol. The monoisotopic (exact) mass is 591 g/mol. The van der Waals surface area contributed by atoms with Crippen LogP contribution in [0.25, 0.3) is 0 Å². The summed E-state index contributed by atoms with van der Waals surface area (Å²) in [5.41, 5.74) is 2.35. The van der Waals surface area contributed by atoms with Gasteiger partial charge in [0.1, 0.15) is 6.54 Å². The molecule has 0 aliphatic carbocycles. The average molecular weight is 592 g/mol. The van der Waals surface area contributed by atoms with Crippen molar-refractivity contribution in [3.63, 3.8) is 0 Å². The first-order valence-electron chi connectivity index (χ1n) is 14.2. The lowest BCUT2D eigenvalue weighted by Crippen LogP contribution is -2.43. The van der Waals surface area contributed by atoms with Gasteiger partial charge < -0.3 is 19.1 Å². The summed E-state index contributed by atoms with van der Waals surface area (Å²) in [5.74, 6) is -0.381. The van der Waals surface area contributed by atoms with Crippen LogP contribution in [0.5, 0.6) is 0 Å². The summed E-state index contributed by atoms with van der Waals surface area (Å²) in [6, 6.07) is 27.9.